The molecule has 1 unspecified atom stereocenters. The highest BCUT2D eigenvalue weighted by molar-refractivity contribution is 6.30. The van der Waals surface area contributed by atoms with Crippen LogP contribution in [0.4, 0.5) is 5.69 Å². The van der Waals surface area contributed by atoms with Gasteiger partial charge < -0.3 is 5.32 Å². The third-order valence-electron chi connectivity index (χ3n) is 5.61. The number of hydrogen-bond acceptors (Lipinski definition) is 3. The van der Waals surface area contributed by atoms with Crippen LogP contribution in [0.2, 0.25) is 0 Å². The highest BCUT2D eigenvalue weighted by atomic mass is 16.1. The summed E-state index contributed by atoms with van der Waals surface area (Å²) >= 11 is 0. The van der Waals surface area contributed by atoms with E-state index in [1.54, 1.807) is 30.3 Å². The van der Waals surface area contributed by atoms with E-state index in [2.05, 4.69) is 36.5 Å². The monoisotopic (exact) mass is 377 g/mol. The van der Waals surface area contributed by atoms with E-state index >= 15 is 0 Å². The SMILES string of the molecule is CC(Nc1cccc2c1C(=O)c1ccccc1C2=O)c1cccc2ccccc12. The molecule has 140 valence electrons. The van der Waals surface area contributed by atoms with Gasteiger partial charge in [-0.25, -0.2) is 0 Å². The van der Waals surface area contributed by atoms with Crippen molar-refractivity contribution < 1.29 is 9.59 Å². The molecule has 1 aliphatic carbocycles. The van der Waals surface area contributed by atoms with Crippen molar-refractivity contribution in [2.24, 2.45) is 0 Å². The van der Waals surface area contributed by atoms with Crippen LogP contribution in [0, 0.1) is 0 Å². The number of benzene rings is 4. The molecule has 4 aromatic carbocycles. The maximum atomic E-state index is 13.2. The van der Waals surface area contributed by atoms with Crippen molar-refractivity contribution in [1.82, 2.24) is 0 Å². The van der Waals surface area contributed by atoms with Crippen LogP contribution in [0.1, 0.15) is 50.4 Å². The first-order valence-corrected chi connectivity index (χ1v) is 9.71. The second-order valence-electron chi connectivity index (χ2n) is 7.37. The minimum absolute atomic E-state index is 0.0346. The standard InChI is InChI=1S/C26H19NO2/c1-16(18-13-6-9-17-8-2-3-10-19(17)18)27-23-15-7-14-22-24(23)26(29)21-12-5-4-11-20(21)25(22)28/h2-16,27H,1H3. The molecule has 4 aromatic rings. The first-order valence-electron chi connectivity index (χ1n) is 9.71. The van der Waals surface area contributed by atoms with Crippen molar-refractivity contribution in [3.63, 3.8) is 0 Å². The highest BCUT2D eigenvalue weighted by Gasteiger charge is 2.31. The molecule has 0 fully saturated rings. The largest absolute Gasteiger partial charge is 0.378 e. The van der Waals surface area contributed by atoms with Crippen LogP contribution in [-0.4, -0.2) is 11.6 Å². The number of ketones is 2. The Kier molecular flexibility index (Phi) is 4.02. The van der Waals surface area contributed by atoms with Gasteiger partial charge in [-0.15, -0.1) is 0 Å². The molecule has 1 atom stereocenters. The van der Waals surface area contributed by atoms with Crippen LogP contribution in [0.3, 0.4) is 0 Å². The van der Waals surface area contributed by atoms with Gasteiger partial charge in [0.15, 0.2) is 11.6 Å². The highest BCUT2D eigenvalue weighted by Crippen LogP contribution is 2.34. The Morgan fingerprint density at radius 2 is 1.28 bits per heavy atom. The maximum Gasteiger partial charge on any atom is 0.196 e. The number of nitrogens with one attached hydrogen (secondary N) is 1. The van der Waals surface area contributed by atoms with Crippen LogP contribution >= 0.6 is 0 Å². The zero-order valence-electron chi connectivity index (χ0n) is 16.0. The van der Waals surface area contributed by atoms with E-state index in [9.17, 15) is 9.59 Å². The van der Waals surface area contributed by atoms with Crippen molar-refractivity contribution in [3.05, 3.63) is 113 Å². The molecule has 0 bridgehead atoms. The summed E-state index contributed by atoms with van der Waals surface area (Å²) in [5.74, 6) is -0.208. The summed E-state index contributed by atoms with van der Waals surface area (Å²) in [6.07, 6.45) is 0. The van der Waals surface area contributed by atoms with E-state index in [0.29, 0.717) is 27.9 Å². The van der Waals surface area contributed by atoms with Crippen LogP contribution in [-0.2, 0) is 0 Å². The molecule has 0 saturated heterocycles. The summed E-state index contributed by atoms with van der Waals surface area (Å²) in [7, 11) is 0. The van der Waals surface area contributed by atoms with Crippen molar-refractivity contribution in [1.29, 1.82) is 0 Å². The van der Waals surface area contributed by atoms with Crippen LogP contribution in [0.25, 0.3) is 10.8 Å². The van der Waals surface area contributed by atoms with Gasteiger partial charge in [-0.2, -0.15) is 0 Å². The number of fused-ring (bicyclic) bond motifs is 3. The summed E-state index contributed by atoms with van der Waals surface area (Å²) in [6.45, 7) is 2.07. The predicted molar refractivity (Wildman–Crippen MR) is 116 cm³/mol. The molecule has 29 heavy (non-hydrogen) atoms. The van der Waals surface area contributed by atoms with Crippen molar-refractivity contribution in [3.8, 4) is 0 Å². The van der Waals surface area contributed by atoms with Crippen molar-refractivity contribution in [2.45, 2.75) is 13.0 Å². The molecular formula is C26H19NO2. The van der Waals surface area contributed by atoms with Gasteiger partial charge in [-0.3, -0.25) is 9.59 Å². The first-order chi connectivity index (χ1) is 14.1. The smallest absolute Gasteiger partial charge is 0.196 e. The van der Waals surface area contributed by atoms with Gasteiger partial charge in [0.2, 0.25) is 0 Å². The number of hydrogen-bond donors (Lipinski definition) is 1. The van der Waals surface area contributed by atoms with Crippen LogP contribution in [0.15, 0.2) is 84.9 Å². The Bertz CT molecular complexity index is 1280. The van der Waals surface area contributed by atoms with Gasteiger partial charge in [0, 0.05) is 28.4 Å². The quantitative estimate of drug-likeness (QED) is 0.433. The molecule has 1 aliphatic rings. The minimum Gasteiger partial charge on any atom is -0.378 e. The molecule has 0 radical (unpaired) electrons. The first kappa shape index (κ1) is 17.4. The summed E-state index contributed by atoms with van der Waals surface area (Å²) in [5.41, 5.74) is 3.71. The lowest BCUT2D eigenvalue weighted by molar-refractivity contribution is 0.0979. The third kappa shape index (κ3) is 2.74. The number of anilines is 1. The van der Waals surface area contributed by atoms with Gasteiger partial charge in [0.1, 0.15) is 0 Å². The Morgan fingerprint density at radius 3 is 2.10 bits per heavy atom. The van der Waals surface area contributed by atoms with Gasteiger partial charge in [0.25, 0.3) is 0 Å². The average Bonchev–Trinajstić information content (AvgIpc) is 2.77. The molecule has 0 saturated carbocycles. The molecule has 0 aliphatic heterocycles. The summed E-state index contributed by atoms with van der Waals surface area (Å²) in [4.78, 5) is 26.2. The lowest BCUT2D eigenvalue weighted by Gasteiger charge is -2.24. The van der Waals surface area contributed by atoms with E-state index in [1.165, 1.54) is 10.8 Å². The van der Waals surface area contributed by atoms with Gasteiger partial charge >= 0.3 is 0 Å². The summed E-state index contributed by atoms with van der Waals surface area (Å²) in [6, 6.07) is 26.9. The van der Waals surface area contributed by atoms with Crippen molar-refractivity contribution >= 4 is 28.0 Å². The lowest BCUT2D eigenvalue weighted by Crippen LogP contribution is -2.23. The minimum atomic E-state index is -0.108. The van der Waals surface area contributed by atoms with Crippen LogP contribution in [0.5, 0.6) is 0 Å². The Labute approximate surface area is 169 Å². The molecule has 0 heterocycles. The maximum absolute atomic E-state index is 13.2. The van der Waals surface area contributed by atoms with Gasteiger partial charge in [-0.05, 0) is 29.3 Å². The molecule has 0 amide bonds. The zero-order chi connectivity index (χ0) is 20.0. The molecule has 3 nitrogen and oxygen atoms in total. The zero-order valence-corrected chi connectivity index (χ0v) is 16.0. The summed E-state index contributed by atoms with van der Waals surface area (Å²) < 4.78 is 0. The lowest BCUT2D eigenvalue weighted by atomic mass is 9.83. The van der Waals surface area contributed by atoms with Crippen molar-refractivity contribution in [2.75, 3.05) is 5.32 Å². The fourth-order valence-corrected chi connectivity index (χ4v) is 4.20. The summed E-state index contributed by atoms with van der Waals surface area (Å²) in [5, 5.41) is 5.84. The Balaban J connectivity index is 1.58. The molecule has 1 N–H and O–H groups in total. The Hall–Kier alpha value is -3.72. The van der Waals surface area contributed by atoms with E-state index in [4.69, 9.17) is 0 Å². The van der Waals surface area contributed by atoms with E-state index in [0.717, 1.165) is 5.56 Å². The Morgan fingerprint density at radius 1 is 0.655 bits per heavy atom. The van der Waals surface area contributed by atoms with E-state index in [1.807, 2.05) is 30.3 Å². The third-order valence-corrected chi connectivity index (χ3v) is 5.61. The van der Waals surface area contributed by atoms with Crippen LogP contribution < -0.4 is 5.32 Å². The van der Waals surface area contributed by atoms with Gasteiger partial charge in [-0.1, -0.05) is 78.9 Å². The molecule has 0 spiro atoms. The second kappa shape index (κ2) is 6.71. The number of rotatable bonds is 3. The fourth-order valence-electron chi connectivity index (χ4n) is 4.20. The second-order valence-corrected chi connectivity index (χ2v) is 7.37. The predicted octanol–water partition coefficient (Wildman–Crippen LogP) is 5.79. The average molecular weight is 377 g/mol. The van der Waals surface area contributed by atoms with Gasteiger partial charge in [0.05, 0.1) is 5.56 Å². The fraction of sp³-hybridized carbons (Fsp3) is 0.0769. The molecular weight excluding hydrogens is 358 g/mol. The molecule has 3 heteroatoms. The molecule has 0 aromatic heterocycles. The number of carbonyl (C=O) groups is 2. The number of carbonyl (C=O) groups excluding carboxylic acids is 2. The van der Waals surface area contributed by atoms with E-state index in [-0.39, 0.29) is 17.6 Å². The van der Waals surface area contributed by atoms with E-state index < -0.39 is 0 Å². The topological polar surface area (TPSA) is 46.2 Å². The normalized spacial score (nSPS) is 13.7. The molecule has 5 rings (SSSR count).